The zero-order valence-electron chi connectivity index (χ0n) is 12.8. The summed E-state index contributed by atoms with van der Waals surface area (Å²) in [7, 11) is 0. The van der Waals surface area contributed by atoms with Crippen molar-refractivity contribution in [1.29, 1.82) is 0 Å². The number of carbonyl (C=O) groups is 2. The molecule has 0 unspecified atom stereocenters. The van der Waals surface area contributed by atoms with Crippen molar-refractivity contribution in [2.24, 2.45) is 0 Å². The van der Waals surface area contributed by atoms with Gasteiger partial charge in [-0.25, -0.2) is 4.79 Å². The molecule has 0 radical (unpaired) electrons. The van der Waals surface area contributed by atoms with Crippen molar-refractivity contribution in [3.63, 3.8) is 0 Å². The van der Waals surface area contributed by atoms with Crippen molar-refractivity contribution in [1.82, 2.24) is 15.6 Å². The van der Waals surface area contributed by atoms with Crippen LogP contribution < -0.4 is 16.0 Å². The molecule has 1 saturated carbocycles. The van der Waals surface area contributed by atoms with Crippen LogP contribution in [-0.4, -0.2) is 29.5 Å². The molecule has 2 aromatic rings. The van der Waals surface area contributed by atoms with Gasteiger partial charge in [0.2, 0.25) is 5.91 Å². The summed E-state index contributed by atoms with van der Waals surface area (Å²) >= 11 is 0. The van der Waals surface area contributed by atoms with Crippen LogP contribution in [0.15, 0.2) is 36.7 Å². The number of carbonyl (C=O) groups excluding carboxylic acids is 2. The maximum Gasteiger partial charge on any atom is 0.319 e. The second kappa shape index (κ2) is 7.09. The van der Waals surface area contributed by atoms with Crippen molar-refractivity contribution in [3.8, 4) is 0 Å². The molecule has 1 aromatic heterocycles. The monoisotopic (exact) mass is 312 g/mol. The molecule has 1 fully saturated rings. The van der Waals surface area contributed by atoms with E-state index in [4.69, 9.17) is 0 Å². The van der Waals surface area contributed by atoms with Crippen LogP contribution in [0.1, 0.15) is 25.7 Å². The van der Waals surface area contributed by atoms with E-state index in [0.717, 1.165) is 36.5 Å². The van der Waals surface area contributed by atoms with Gasteiger partial charge in [-0.15, -0.1) is 0 Å². The number of fused-ring (bicyclic) bond motifs is 1. The Morgan fingerprint density at radius 1 is 1.13 bits per heavy atom. The average molecular weight is 312 g/mol. The van der Waals surface area contributed by atoms with E-state index >= 15 is 0 Å². The zero-order valence-corrected chi connectivity index (χ0v) is 12.8. The van der Waals surface area contributed by atoms with Gasteiger partial charge in [-0.1, -0.05) is 18.9 Å². The highest BCUT2D eigenvalue weighted by Crippen LogP contribution is 2.18. The molecule has 1 aliphatic rings. The van der Waals surface area contributed by atoms with Crippen LogP contribution in [0.2, 0.25) is 0 Å². The topological polar surface area (TPSA) is 83.1 Å². The summed E-state index contributed by atoms with van der Waals surface area (Å²) in [5.74, 6) is -0.142. The second-order valence-electron chi connectivity index (χ2n) is 5.79. The lowest BCUT2D eigenvalue weighted by atomic mass is 10.1. The minimum absolute atomic E-state index is 0.0141. The number of urea groups is 1. The summed E-state index contributed by atoms with van der Waals surface area (Å²) in [6.45, 7) is -0.0141. The molecule has 0 spiro atoms. The molecule has 1 aliphatic carbocycles. The van der Waals surface area contributed by atoms with Crippen molar-refractivity contribution < 1.29 is 9.59 Å². The molecule has 0 saturated heterocycles. The van der Waals surface area contributed by atoms with E-state index in [2.05, 4.69) is 20.9 Å². The molecule has 23 heavy (non-hydrogen) atoms. The van der Waals surface area contributed by atoms with Gasteiger partial charge < -0.3 is 16.0 Å². The molecule has 6 heteroatoms. The minimum atomic E-state index is -0.389. The van der Waals surface area contributed by atoms with E-state index < -0.39 is 0 Å². The SMILES string of the molecule is O=C(CNC(=O)Nc1ccc2cnccc2c1)NC1CCCC1. The van der Waals surface area contributed by atoms with Gasteiger partial charge in [0.05, 0.1) is 6.54 Å². The number of nitrogens with one attached hydrogen (secondary N) is 3. The second-order valence-corrected chi connectivity index (χ2v) is 5.79. The summed E-state index contributed by atoms with van der Waals surface area (Å²) in [5, 5.41) is 10.3. The Hall–Kier alpha value is -2.63. The number of pyridine rings is 1. The summed E-state index contributed by atoms with van der Waals surface area (Å²) in [6.07, 6.45) is 7.87. The maximum absolute atomic E-state index is 11.9. The summed E-state index contributed by atoms with van der Waals surface area (Å²) in [6, 6.07) is 7.33. The summed E-state index contributed by atoms with van der Waals surface area (Å²) in [4.78, 5) is 27.7. The molecular formula is C17H20N4O2. The quantitative estimate of drug-likeness (QED) is 0.810. The molecule has 3 amide bonds. The lowest BCUT2D eigenvalue weighted by Crippen LogP contribution is -2.42. The van der Waals surface area contributed by atoms with Crippen molar-refractivity contribution in [2.45, 2.75) is 31.7 Å². The van der Waals surface area contributed by atoms with Crippen LogP contribution in [0.3, 0.4) is 0 Å². The minimum Gasteiger partial charge on any atom is -0.352 e. The van der Waals surface area contributed by atoms with Gasteiger partial charge >= 0.3 is 6.03 Å². The molecule has 3 rings (SSSR count). The highest BCUT2D eigenvalue weighted by molar-refractivity contribution is 5.95. The Morgan fingerprint density at radius 3 is 2.78 bits per heavy atom. The fourth-order valence-electron chi connectivity index (χ4n) is 2.85. The molecule has 6 nitrogen and oxygen atoms in total. The molecule has 1 heterocycles. The first-order valence-corrected chi connectivity index (χ1v) is 7.89. The number of hydrogen-bond acceptors (Lipinski definition) is 3. The first-order chi connectivity index (χ1) is 11.2. The predicted molar refractivity (Wildman–Crippen MR) is 89.2 cm³/mol. The average Bonchev–Trinajstić information content (AvgIpc) is 3.06. The number of amides is 3. The Balaban J connectivity index is 1.48. The molecule has 120 valence electrons. The molecule has 1 aromatic carbocycles. The fourth-order valence-corrected chi connectivity index (χ4v) is 2.85. The van der Waals surface area contributed by atoms with Gasteiger partial charge in [0.15, 0.2) is 0 Å². The Labute approximate surface area is 134 Å². The summed E-state index contributed by atoms with van der Waals surface area (Å²) in [5.41, 5.74) is 0.678. The van der Waals surface area contributed by atoms with Crippen molar-refractivity contribution in [2.75, 3.05) is 11.9 Å². The first kappa shape index (κ1) is 15.3. The third kappa shape index (κ3) is 4.18. The van der Waals surface area contributed by atoms with E-state index in [9.17, 15) is 9.59 Å². The predicted octanol–water partition coefficient (Wildman–Crippen LogP) is 2.42. The van der Waals surface area contributed by atoms with Gasteiger partial charge in [0.25, 0.3) is 0 Å². The third-order valence-electron chi connectivity index (χ3n) is 4.03. The van der Waals surface area contributed by atoms with Gasteiger partial charge in [-0.3, -0.25) is 9.78 Å². The van der Waals surface area contributed by atoms with Crippen LogP contribution in [0.5, 0.6) is 0 Å². The number of aromatic nitrogens is 1. The molecule has 0 atom stereocenters. The van der Waals surface area contributed by atoms with Gasteiger partial charge in [0.1, 0.15) is 0 Å². The highest BCUT2D eigenvalue weighted by atomic mass is 16.2. The van der Waals surface area contributed by atoms with Crippen molar-refractivity contribution >= 4 is 28.4 Å². The highest BCUT2D eigenvalue weighted by Gasteiger charge is 2.17. The zero-order chi connectivity index (χ0) is 16.1. The van der Waals surface area contributed by atoms with E-state index in [-0.39, 0.29) is 24.5 Å². The maximum atomic E-state index is 11.9. The van der Waals surface area contributed by atoms with Crippen LogP contribution in [-0.2, 0) is 4.79 Å². The lowest BCUT2D eigenvalue weighted by molar-refractivity contribution is -0.120. The normalized spacial score (nSPS) is 14.6. The standard InChI is InChI=1S/C17H20N4O2/c22-16(20-14-3-1-2-4-14)11-19-17(23)21-15-6-5-13-10-18-8-7-12(13)9-15/h5-10,14H,1-4,11H2,(H,20,22)(H2,19,21,23). The third-order valence-corrected chi connectivity index (χ3v) is 4.03. The van der Waals surface area contributed by atoms with Crippen LogP contribution >= 0.6 is 0 Å². The number of benzene rings is 1. The molecule has 0 bridgehead atoms. The molecule has 0 aliphatic heterocycles. The molecular weight excluding hydrogens is 292 g/mol. The van der Waals surface area contributed by atoms with Crippen LogP contribution in [0, 0.1) is 0 Å². The van der Waals surface area contributed by atoms with Crippen molar-refractivity contribution in [3.05, 3.63) is 36.7 Å². The number of anilines is 1. The van der Waals surface area contributed by atoms with Gasteiger partial charge in [0, 0.05) is 29.5 Å². The van der Waals surface area contributed by atoms with Crippen LogP contribution in [0.25, 0.3) is 10.8 Å². The fraction of sp³-hybridized carbons (Fsp3) is 0.353. The Morgan fingerprint density at radius 2 is 1.96 bits per heavy atom. The number of rotatable bonds is 4. The first-order valence-electron chi connectivity index (χ1n) is 7.89. The van der Waals surface area contributed by atoms with Crippen LogP contribution in [0.4, 0.5) is 10.5 Å². The molecule has 3 N–H and O–H groups in total. The smallest absolute Gasteiger partial charge is 0.319 e. The van der Waals surface area contributed by atoms with E-state index in [1.54, 1.807) is 12.4 Å². The summed E-state index contributed by atoms with van der Waals surface area (Å²) < 4.78 is 0. The van der Waals surface area contributed by atoms with Gasteiger partial charge in [-0.2, -0.15) is 0 Å². The number of nitrogens with zero attached hydrogens (tertiary/aromatic N) is 1. The van der Waals surface area contributed by atoms with Gasteiger partial charge in [-0.05, 0) is 36.4 Å². The number of hydrogen-bond donors (Lipinski definition) is 3. The largest absolute Gasteiger partial charge is 0.352 e. The van der Waals surface area contributed by atoms with E-state index in [0.29, 0.717) is 5.69 Å². The Bertz CT molecular complexity index is 711. The Kier molecular flexibility index (Phi) is 4.71. The lowest BCUT2D eigenvalue weighted by Gasteiger charge is -2.12. The van der Waals surface area contributed by atoms with E-state index in [1.165, 1.54) is 0 Å². The van der Waals surface area contributed by atoms with E-state index in [1.807, 2.05) is 24.3 Å².